The first-order valence-corrected chi connectivity index (χ1v) is 11.2. The van der Waals surface area contributed by atoms with E-state index in [9.17, 15) is 14.7 Å². The van der Waals surface area contributed by atoms with Crippen LogP contribution in [0.25, 0.3) is 10.8 Å². The van der Waals surface area contributed by atoms with E-state index in [-0.39, 0.29) is 17.2 Å². The molecule has 0 aliphatic carbocycles. The number of hydrogen-bond donors (Lipinski definition) is 2. The molecule has 1 aromatic heterocycles. The minimum absolute atomic E-state index is 0.000733. The molecule has 2 N–H and O–H groups in total. The Kier molecular flexibility index (Phi) is 5.96. The molecule has 0 amide bonds. The minimum Gasteiger partial charge on any atom is -0.478 e. The molecule has 1 atom stereocenters. The van der Waals surface area contributed by atoms with Crippen molar-refractivity contribution >= 4 is 28.2 Å². The molecule has 0 spiro atoms. The second-order valence-electron chi connectivity index (χ2n) is 9.07. The Morgan fingerprint density at radius 1 is 1.12 bits per heavy atom. The van der Waals surface area contributed by atoms with Crippen LogP contribution in [0, 0.1) is 12.8 Å². The second kappa shape index (κ2) is 8.69. The first kappa shape index (κ1) is 21.9. The van der Waals surface area contributed by atoms with Crippen LogP contribution in [0.1, 0.15) is 54.2 Å². The molecule has 0 unspecified atom stereocenters. The van der Waals surface area contributed by atoms with Crippen LogP contribution in [0.5, 0.6) is 0 Å². The molecular weight excluding hydrogens is 402 g/mol. The van der Waals surface area contributed by atoms with Crippen molar-refractivity contribution in [3.63, 3.8) is 0 Å². The number of rotatable bonds is 5. The average Bonchev–Trinajstić information content (AvgIpc) is 2.77. The maximum Gasteiger partial charge on any atom is 0.337 e. The molecule has 1 aliphatic rings. The quantitative estimate of drug-likeness (QED) is 0.595. The van der Waals surface area contributed by atoms with Gasteiger partial charge in [0.15, 0.2) is 0 Å². The zero-order valence-corrected chi connectivity index (χ0v) is 19.2. The molecule has 6 nitrogen and oxygen atoms in total. The SMILES string of the molecule is Cc1cc([C@@H](C)Nc2ccccc2C(=O)O)c2cc(N3CCC(C)CC3)n(C)c(=O)c2c1. The van der Waals surface area contributed by atoms with Crippen LogP contribution in [0.4, 0.5) is 11.5 Å². The van der Waals surface area contributed by atoms with Gasteiger partial charge in [0.2, 0.25) is 0 Å². The van der Waals surface area contributed by atoms with Crippen LogP contribution in [-0.4, -0.2) is 28.7 Å². The highest BCUT2D eigenvalue weighted by molar-refractivity contribution is 5.94. The second-order valence-corrected chi connectivity index (χ2v) is 9.07. The number of nitrogens with zero attached hydrogens (tertiary/aromatic N) is 2. The summed E-state index contributed by atoms with van der Waals surface area (Å²) in [5.41, 5.74) is 2.79. The summed E-state index contributed by atoms with van der Waals surface area (Å²) in [6.07, 6.45) is 2.24. The molecule has 0 radical (unpaired) electrons. The Bertz CT molecular complexity index is 1220. The molecule has 6 heteroatoms. The molecule has 1 aliphatic heterocycles. The van der Waals surface area contributed by atoms with E-state index in [4.69, 9.17) is 0 Å². The number of fused-ring (bicyclic) bond motifs is 1. The van der Waals surface area contributed by atoms with E-state index in [0.29, 0.717) is 17.0 Å². The molecule has 1 saturated heterocycles. The zero-order valence-electron chi connectivity index (χ0n) is 19.2. The van der Waals surface area contributed by atoms with Gasteiger partial charge >= 0.3 is 5.97 Å². The van der Waals surface area contributed by atoms with E-state index < -0.39 is 5.97 Å². The van der Waals surface area contributed by atoms with Crippen molar-refractivity contribution in [2.45, 2.75) is 39.7 Å². The number of aromatic carboxylic acids is 1. The Balaban J connectivity index is 1.81. The number of carboxylic acids is 1. The lowest BCUT2D eigenvalue weighted by Gasteiger charge is -2.33. The van der Waals surface area contributed by atoms with Crippen LogP contribution in [0.15, 0.2) is 47.3 Å². The highest BCUT2D eigenvalue weighted by Crippen LogP contribution is 2.31. The third kappa shape index (κ3) is 4.09. The molecule has 3 aromatic rings. The number of anilines is 2. The van der Waals surface area contributed by atoms with Crippen molar-refractivity contribution in [1.29, 1.82) is 0 Å². The molecule has 0 bridgehead atoms. The molecule has 4 rings (SSSR count). The number of para-hydroxylation sites is 1. The lowest BCUT2D eigenvalue weighted by atomic mass is 9.96. The summed E-state index contributed by atoms with van der Waals surface area (Å²) in [5.74, 6) is 0.683. The molecule has 32 heavy (non-hydrogen) atoms. The summed E-state index contributed by atoms with van der Waals surface area (Å²) < 4.78 is 1.76. The molecule has 2 heterocycles. The molecule has 1 fully saturated rings. The Morgan fingerprint density at radius 3 is 2.50 bits per heavy atom. The normalized spacial score (nSPS) is 15.7. The van der Waals surface area contributed by atoms with Crippen LogP contribution >= 0.6 is 0 Å². The Hall–Kier alpha value is -3.28. The summed E-state index contributed by atoms with van der Waals surface area (Å²) in [6.45, 7) is 8.16. The highest BCUT2D eigenvalue weighted by Gasteiger charge is 2.21. The predicted octanol–water partition coefficient (Wildman–Crippen LogP) is 4.95. The number of pyridine rings is 1. The van der Waals surface area contributed by atoms with E-state index in [1.807, 2.05) is 33.0 Å². The van der Waals surface area contributed by atoms with Gasteiger partial charge in [0, 0.05) is 37.3 Å². The van der Waals surface area contributed by atoms with E-state index in [1.165, 1.54) is 0 Å². The van der Waals surface area contributed by atoms with Crippen molar-refractivity contribution in [2.24, 2.45) is 13.0 Å². The number of carboxylic acid groups (broad SMARTS) is 1. The molecular formula is C26H31N3O3. The number of piperidine rings is 1. The van der Waals surface area contributed by atoms with Gasteiger partial charge in [0.05, 0.1) is 5.56 Å². The predicted molar refractivity (Wildman–Crippen MR) is 130 cm³/mol. The minimum atomic E-state index is -0.968. The summed E-state index contributed by atoms with van der Waals surface area (Å²) >= 11 is 0. The zero-order chi connectivity index (χ0) is 23.0. The summed E-state index contributed by atoms with van der Waals surface area (Å²) in [7, 11) is 1.85. The van der Waals surface area contributed by atoms with Gasteiger partial charge in [-0.15, -0.1) is 0 Å². The number of aromatic nitrogens is 1. The van der Waals surface area contributed by atoms with Gasteiger partial charge in [0.25, 0.3) is 5.56 Å². The Labute approximate surface area is 188 Å². The monoisotopic (exact) mass is 433 g/mol. The first-order chi connectivity index (χ1) is 15.3. The third-order valence-electron chi connectivity index (χ3n) is 6.61. The van der Waals surface area contributed by atoms with Crippen LogP contribution < -0.4 is 15.8 Å². The van der Waals surface area contributed by atoms with Gasteiger partial charge in [-0.05, 0) is 73.4 Å². The number of hydrogen-bond acceptors (Lipinski definition) is 4. The van der Waals surface area contributed by atoms with E-state index in [1.54, 1.807) is 22.8 Å². The smallest absolute Gasteiger partial charge is 0.337 e. The van der Waals surface area contributed by atoms with Gasteiger partial charge in [-0.3, -0.25) is 9.36 Å². The fraction of sp³-hybridized carbons (Fsp3) is 0.385. The van der Waals surface area contributed by atoms with Crippen LogP contribution in [0.2, 0.25) is 0 Å². The van der Waals surface area contributed by atoms with E-state index in [2.05, 4.69) is 29.3 Å². The average molecular weight is 434 g/mol. The molecule has 0 saturated carbocycles. The van der Waals surface area contributed by atoms with E-state index >= 15 is 0 Å². The van der Waals surface area contributed by atoms with E-state index in [0.717, 1.165) is 48.3 Å². The number of nitrogens with one attached hydrogen (secondary N) is 1. The van der Waals surface area contributed by atoms with Crippen molar-refractivity contribution in [2.75, 3.05) is 23.3 Å². The summed E-state index contributed by atoms with van der Waals surface area (Å²) in [4.78, 5) is 27.3. The number of carbonyl (C=O) groups is 1. The van der Waals surface area contributed by atoms with Gasteiger partial charge < -0.3 is 15.3 Å². The number of aryl methyl sites for hydroxylation is 1. The van der Waals surface area contributed by atoms with Gasteiger partial charge in [-0.2, -0.15) is 0 Å². The van der Waals surface area contributed by atoms with Gasteiger partial charge in [-0.25, -0.2) is 4.79 Å². The lowest BCUT2D eigenvalue weighted by molar-refractivity contribution is 0.0698. The van der Waals surface area contributed by atoms with Crippen LogP contribution in [0.3, 0.4) is 0 Å². The fourth-order valence-electron chi connectivity index (χ4n) is 4.68. The maximum atomic E-state index is 13.3. The molecule has 2 aromatic carbocycles. The Morgan fingerprint density at radius 2 is 1.81 bits per heavy atom. The molecule has 168 valence electrons. The lowest BCUT2D eigenvalue weighted by Crippen LogP contribution is -2.36. The maximum absolute atomic E-state index is 13.3. The topological polar surface area (TPSA) is 74.6 Å². The number of benzene rings is 2. The highest BCUT2D eigenvalue weighted by atomic mass is 16.4. The summed E-state index contributed by atoms with van der Waals surface area (Å²) in [6, 6.07) is 12.9. The van der Waals surface area contributed by atoms with Gasteiger partial charge in [0.1, 0.15) is 5.82 Å². The first-order valence-electron chi connectivity index (χ1n) is 11.2. The van der Waals surface area contributed by atoms with Crippen LogP contribution in [-0.2, 0) is 7.05 Å². The fourth-order valence-corrected chi connectivity index (χ4v) is 4.68. The third-order valence-corrected chi connectivity index (χ3v) is 6.61. The largest absolute Gasteiger partial charge is 0.478 e. The van der Waals surface area contributed by atoms with Crippen molar-refractivity contribution in [3.05, 3.63) is 69.5 Å². The standard InChI is InChI=1S/C26H31N3O3/c1-16-9-11-29(12-10-16)24-15-21-20(13-17(2)14-22(21)25(30)28(24)4)18(3)27-23-8-6-5-7-19(23)26(31)32/h5-8,13-16,18,27H,9-12H2,1-4H3,(H,31,32)/t18-/m1/s1. The summed E-state index contributed by atoms with van der Waals surface area (Å²) in [5, 5.41) is 14.5. The van der Waals surface area contributed by atoms with Crippen molar-refractivity contribution < 1.29 is 9.90 Å². The van der Waals surface area contributed by atoms with Crippen molar-refractivity contribution in [1.82, 2.24) is 4.57 Å². The van der Waals surface area contributed by atoms with Gasteiger partial charge in [-0.1, -0.05) is 25.1 Å². The van der Waals surface area contributed by atoms with Crippen molar-refractivity contribution in [3.8, 4) is 0 Å².